The van der Waals surface area contributed by atoms with E-state index < -0.39 is 0 Å². The van der Waals surface area contributed by atoms with Crippen LogP contribution in [-0.2, 0) is 4.79 Å². The van der Waals surface area contributed by atoms with Gasteiger partial charge in [-0.25, -0.2) is 0 Å². The lowest BCUT2D eigenvalue weighted by Gasteiger charge is -2.32. The molecular weight excluding hydrogens is 238 g/mol. The number of aldehydes is 1. The van der Waals surface area contributed by atoms with Gasteiger partial charge in [-0.15, -0.1) is 0 Å². The molecule has 1 saturated carbocycles. The summed E-state index contributed by atoms with van der Waals surface area (Å²) in [6, 6.07) is 7.90. The van der Waals surface area contributed by atoms with Crippen LogP contribution < -0.4 is 10.1 Å². The van der Waals surface area contributed by atoms with Gasteiger partial charge < -0.3 is 14.8 Å². The summed E-state index contributed by atoms with van der Waals surface area (Å²) in [6.07, 6.45) is 7.88. The van der Waals surface area contributed by atoms with Gasteiger partial charge in [-0.2, -0.15) is 0 Å². The van der Waals surface area contributed by atoms with Gasteiger partial charge in [-0.1, -0.05) is 25.3 Å². The number of rotatable bonds is 6. The standard InChI is InChI=1S/C16H23NO2/c1-19-15-7-5-6-14(12-15)17-11-10-16(13-18)8-3-2-4-9-16/h5-7,12-13,17H,2-4,8-11H2,1H3. The number of methoxy groups -OCH3 is 1. The summed E-state index contributed by atoms with van der Waals surface area (Å²) in [4.78, 5) is 11.4. The van der Waals surface area contributed by atoms with Crippen molar-refractivity contribution in [1.82, 2.24) is 0 Å². The molecule has 1 aliphatic carbocycles. The number of nitrogens with one attached hydrogen (secondary N) is 1. The zero-order valence-corrected chi connectivity index (χ0v) is 11.7. The number of ether oxygens (including phenoxy) is 1. The van der Waals surface area contributed by atoms with Crippen LogP contribution in [0, 0.1) is 5.41 Å². The molecule has 3 heteroatoms. The van der Waals surface area contributed by atoms with Crippen LogP contribution in [0.25, 0.3) is 0 Å². The highest BCUT2D eigenvalue weighted by atomic mass is 16.5. The Labute approximate surface area is 115 Å². The molecule has 0 radical (unpaired) electrons. The predicted molar refractivity (Wildman–Crippen MR) is 77.7 cm³/mol. The first-order valence-electron chi connectivity index (χ1n) is 7.12. The number of carbonyl (C=O) groups is 1. The summed E-state index contributed by atoms with van der Waals surface area (Å²) in [6.45, 7) is 0.839. The van der Waals surface area contributed by atoms with E-state index in [0.717, 1.165) is 37.2 Å². The summed E-state index contributed by atoms with van der Waals surface area (Å²) >= 11 is 0. The van der Waals surface area contributed by atoms with Crippen LogP contribution in [0.5, 0.6) is 5.75 Å². The fourth-order valence-corrected chi connectivity index (χ4v) is 2.87. The van der Waals surface area contributed by atoms with E-state index in [0.29, 0.717) is 0 Å². The first-order valence-corrected chi connectivity index (χ1v) is 7.12. The van der Waals surface area contributed by atoms with Gasteiger partial charge in [0.1, 0.15) is 12.0 Å². The van der Waals surface area contributed by atoms with Gasteiger partial charge >= 0.3 is 0 Å². The fraction of sp³-hybridized carbons (Fsp3) is 0.562. The molecule has 3 nitrogen and oxygen atoms in total. The Balaban J connectivity index is 1.86. The Morgan fingerprint density at radius 3 is 2.79 bits per heavy atom. The maximum atomic E-state index is 11.4. The van der Waals surface area contributed by atoms with E-state index in [4.69, 9.17) is 4.74 Å². The van der Waals surface area contributed by atoms with E-state index in [1.807, 2.05) is 24.3 Å². The normalized spacial score (nSPS) is 17.7. The van der Waals surface area contributed by atoms with Crippen molar-refractivity contribution in [2.75, 3.05) is 19.0 Å². The summed E-state index contributed by atoms with van der Waals surface area (Å²) in [5.41, 5.74) is 0.973. The first-order chi connectivity index (χ1) is 9.28. The van der Waals surface area contributed by atoms with Crippen molar-refractivity contribution in [2.45, 2.75) is 38.5 Å². The molecule has 104 valence electrons. The van der Waals surface area contributed by atoms with Crippen molar-refractivity contribution in [3.05, 3.63) is 24.3 Å². The lowest BCUT2D eigenvalue weighted by atomic mass is 9.73. The maximum Gasteiger partial charge on any atom is 0.126 e. The molecule has 2 rings (SSSR count). The Morgan fingerprint density at radius 1 is 1.32 bits per heavy atom. The molecule has 0 atom stereocenters. The van der Waals surface area contributed by atoms with Gasteiger partial charge in [-0.3, -0.25) is 0 Å². The van der Waals surface area contributed by atoms with Gasteiger partial charge in [0.05, 0.1) is 7.11 Å². The van der Waals surface area contributed by atoms with Gasteiger partial charge in [0.2, 0.25) is 0 Å². The Kier molecular flexibility index (Phi) is 4.83. The summed E-state index contributed by atoms with van der Waals surface area (Å²) in [5.74, 6) is 0.854. The van der Waals surface area contributed by atoms with Gasteiger partial charge in [0, 0.05) is 23.7 Å². The SMILES string of the molecule is COc1cccc(NCCC2(C=O)CCCCC2)c1. The van der Waals surface area contributed by atoms with E-state index in [-0.39, 0.29) is 5.41 Å². The number of hydrogen-bond donors (Lipinski definition) is 1. The minimum absolute atomic E-state index is 0.0792. The third-order valence-corrected chi connectivity index (χ3v) is 4.12. The highest BCUT2D eigenvalue weighted by Crippen LogP contribution is 2.37. The molecule has 0 heterocycles. The van der Waals surface area contributed by atoms with Crippen molar-refractivity contribution in [1.29, 1.82) is 0 Å². The maximum absolute atomic E-state index is 11.4. The second kappa shape index (κ2) is 6.60. The minimum Gasteiger partial charge on any atom is -0.497 e. The average molecular weight is 261 g/mol. The van der Waals surface area contributed by atoms with E-state index in [1.54, 1.807) is 7.11 Å². The van der Waals surface area contributed by atoms with Crippen molar-refractivity contribution in [3.63, 3.8) is 0 Å². The zero-order valence-electron chi connectivity index (χ0n) is 11.7. The van der Waals surface area contributed by atoms with E-state index in [9.17, 15) is 4.79 Å². The van der Waals surface area contributed by atoms with Crippen LogP contribution in [0.15, 0.2) is 24.3 Å². The van der Waals surface area contributed by atoms with Crippen LogP contribution in [0.1, 0.15) is 38.5 Å². The molecule has 0 aromatic heterocycles. The number of hydrogen-bond acceptors (Lipinski definition) is 3. The summed E-state index contributed by atoms with van der Waals surface area (Å²) < 4.78 is 5.20. The van der Waals surface area contributed by atoms with Gasteiger partial charge in [0.25, 0.3) is 0 Å². The average Bonchev–Trinajstić information content (AvgIpc) is 2.48. The van der Waals surface area contributed by atoms with Crippen molar-refractivity contribution in [2.24, 2.45) is 5.41 Å². The van der Waals surface area contributed by atoms with Crippen LogP contribution >= 0.6 is 0 Å². The third kappa shape index (κ3) is 3.72. The summed E-state index contributed by atoms with van der Waals surface area (Å²) in [7, 11) is 1.67. The van der Waals surface area contributed by atoms with Crippen molar-refractivity contribution < 1.29 is 9.53 Å². The predicted octanol–water partition coefficient (Wildman–Crippen LogP) is 3.65. The molecular formula is C16H23NO2. The number of anilines is 1. The van der Waals surface area contributed by atoms with Crippen LogP contribution in [0.4, 0.5) is 5.69 Å². The van der Waals surface area contributed by atoms with Crippen LogP contribution in [-0.4, -0.2) is 19.9 Å². The topological polar surface area (TPSA) is 38.3 Å². The number of benzene rings is 1. The lowest BCUT2D eigenvalue weighted by molar-refractivity contribution is -0.118. The van der Waals surface area contributed by atoms with E-state index in [2.05, 4.69) is 5.32 Å². The molecule has 0 saturated heterocycles. The van der Waals surface area contributed by atoms with Gasteiger partial charge in [0.15, 0.2) is 0 Å². The molecule has 0 spiro atoms. The molecule has 0 bridgehead atoms. The molecule has 1 aromatic rings. The fourth-order valence-electron chi connectivity index (χ4n) is 2.87. The lowest BCUT2D eigenvalue weighted by Crippen LogP contribution is -2.28. The quantitative estimate of drug-likeness (QED) is 0.794. The second-order valence-corrected chi connectivity index (χ2v) is 5.45. The minimum atomic E-state index is -0.0792. The first kappa shape index (κ1) is 13.9. The Bertz CT molecular complexity index is 411. The molecule has 0 unspecified atom stereocenters. The molecule has 19 heavy (non-hydrogen) atoms. The smallest absolute Gasteiger partial charge is 0.126 e. The molecule has 1 aromatic carbocycles. The third-order valence-electron chi connectivity index (χ3n) is 4.12. The second-order valence-electron chi connectivity index (χ2n) is 5.45. The largest absolute Gasteiger partial charge is 0.497 e. The molecule has 1 fully saturated rings. The monoisotopic (exact) mass is 261 g/mol. The number of carbonyl (C=O) groups excluding carboxylic acids is 1. The molecule has 1 N–H and O–H groups in total. The van der Waals surface area contributed by atoms with Crippen molar-refractivity contribution in [3.8, 4) is 5.75 Å². The highest BCUT2D eigenvalue weighted by molar-refractivity contribution is 5.59. The Hall–Kier alpha value is -1.51. The summed E-state index contributed by atoms with van der Waals surface area (Å²) in [5, 5.41) is 3.39. The Morgan fingerprint density at radius 2 is 2.11 bits per heavy atom. The molecule has 0 aliphatic heterocycles. The molecule has 1 aliphatic rings. The van der Waals surface area contributed by atoms with E-state index in [1.165, 1.54) is 25.5 Å². The van der Waals surface area contributed by atoms with E-state index >= 15 is 0 Å². The van der Waals surface area contributed by atoms with Crippen LogP contribution in [0.2, 0.25) is 0 Å². The van der Waals surface area contributed by atoms with Gasteiger partial charge in [-0.05, 0) is 31.4 Å². The van der Waals surface area contributed by atoms with Crippen LogP contribution in [0.3, 0.4) is 0 Å². The van der Waals surface area contributed by atoms with Crippen molar-refractivity contribution >= 4 is 12.0 Å². The zero-order chi connectivity index (χ0) is 13.6. The highest BCUT2D eigenvalue weighted by Gasteiger charge is 2.30. The molecule has 0 amide bonds.